The van der Waals surface area contributed by atoms with Crippen LogP contribution in [0.3, 0.4) is 0 Å². The van der Waals surface area contributed by atoms with Gasteiger partial charge < -0.3 is 30.9 Å². The SMILES string of the molecule is NC(=O)c1c(-c2ccc(OC3CCNCC3)cc2)ccc2ccc(-c3ccc(OC4CCNCC4)cc3)nc12.O=C(O)C(F)(F)F. The molecule has 46 heavy (non-hydrogen) atoms. The molecule has 3 aromatic carbocycles. The number of amides is 1. The maximum Gasteiger partial charge on any atom is 0.490 e. The van der Waals surface area contributed by atoms with Gasteiger partial charge in [-0.05, 0) is 105 Å². The molecule has 1 amide bonds. The van der Waals surface area contributed by atoms with E-state index in [1.807, 2.05) is 72.8 Å². The van der Waals surface area contributed by atoms with Gasteiger partial charge in [-0.15, -0.1) is 0 Å². The van der Waals surface area contributed by atoms with Gasteiger partial charge in [0.2, 0.25) is 0 Å². The van der Waals surface area contributed by atoms with Gasteiger partial charge in [0.15, 0.2) is 0 Å². The lowest BCUT2D eigenvalue weighted by Crippen LogP contribution is -2.34. The molecule has 9 nitrogen and oxygen atoms in total. The molecule has 0 radical (unpaired) electrons. The van der Waals surface area contributed by atoms with Gasteiger partial charge in [0.05, 0.1) is 16.8 Å². The van der Waals surface area contributed by atoms with Crippen molar-refractivity contribution in [1.82, 2.24) is 15.6 Å². The second-order valence-corrected chi connectivity index (χ2v) is 11.1. The quantitative estimate of drug-likeness (QED) is 0.207. The van der Waals surface area contributed by atoms with Gasteiger partial charge >= 0.3 is 12.1 Å². The average Bonchev–Trinajstić information content (AvgIpc) is 3.05. The van der Waals surface area contributed by atoms with Crippen LogP contribution in [-0.2, 0) is 4.79 Å². The number of carbonyl (C=O) groups is 2. The van der Waals surface area contributed by atoms with Crippen LogP contribution in [-0.4, -0.2) is 66.5 Å². The predicted molar refractivity (Wildman–Crippen MR) is 168 cm³/mol. The zero-order valence-electron chi connectivity index (χ0n) is 25.0. The number of hydrogen-bond donors (Lipinski definition) is 4. The Balaban J connectivity index is 0.000000537. The largest absolute Gasteiger partial charge is 0.490 e. The first-order valence-electron chi connectivity index (χ1n) is 15.1. The number of aliphatic carboxylic acids is 1. The van der Waals surface area contributed by atoms with Crippen LogP contribution in [0.15, 0.2) is 72.8 Å². The van der Waals surface area contributed by atoms with Crippen molar-refractivity contribution >= 4 is 22.8 Å². The Morgan fingerprint density at radius 3 is 1.65 bits per heavy atom. The first-order chi connectivity index (χ1) is 22.1. The first-order valence-corrected chi connectivity index (χ1v) is 15.1. The summed E-state index contributed by atoms with van der Waals surface area (Å²) in [6, 6.07) is 23.8. The van der Waals surface area contributed by atoms with Crippen LogP contribution in [0, 0.1) is 0 Å². The van der Waals surface area contributed by atoms with E-state index < -0.39 is 18.1 Å². The standard InChI is InChI=1S/C32H34N4O3.C2HF3O2/c33-32(37)30-28(21-1-7-24(8-2-21)38-26-13-17-34-18-14-26)11-5-23-6-12-29(36-31(23)30)22-3-9-25(10-4-22)39-27-15-19-35-20-16-27;3-2(4,5)1(6)7/h1-12,26-27,34-35H,13-20H2,(H2,33,37);(H,6,7). The van der Waals surface area contributed by atoms with E-state index in [-0.39, 0.29) is 12.2 Å². The summed E-state index contributed by atoms with van der Waals surface area (Å²) in [5.74, 6) is -1.56. The fourth-order valence-corrected chi connectivity index (χ4v) is 5.47. The number of ether oxygens (including phenoxy) is 2. The molecule has 2 aliphatic rings. The van der Waals surface area contributed by atoms with Crippen molar-refractivity contribution in [2.75, 3.05) is 26.2 Å². The number of aromatic nitrogens is 1. The number of alkyl halides is 3. The van der Waals surface area contributed by atoms with Crippen LogP contribution in [0.2, 0.25) is 0 Å². The lowest BCUT2D eigenvalue weighted by atomic mass is 9.95. The van der Waals surface area contributed by atoms with Crippen LogP contribution in [0.1, 0.15) is 36.0 Å². The fourth-order valence-electron chi connectivity index (χ4n) is 5.47. The molecule has 12 heteroatoms. The van der Waals surface area contributed by atoms with Crippen LogP contribution in [0.4, 0.5) is 13.2 Å². The van der Waals surface area contributed by atoms with E-state index in [2.05, 4.69) is 10.6 Å². The molecular weight excluding hydrogens is 601 g/mol. The van der Waals surface area contributed by atoms with E-state index in [0.29, 0.717) is 11.1 Å². The highest BCUT2D eigenvalue weighted by molar-refractivity contribution is 6.10. The Hall–Kier alpha value is -4.68. The van der Waals surface area contributed by atoms with Crippen LogP contribution < -0.4 is 25.8 Å². The van der Waals surface area contributed by atoms with Crippen molar-refractivity contribution in [2.24, 2.45) is 5.73 Å². The number of benzene rings is 3. The number of fused-ring (bicyclic) bond motifs is 1. The van der Waals surface area contributed by atoms with E-state index >= 15 is 0 Å². The molecule has 0 spiro atoms. The number of carboxylic acid groups (broad SMARTS) is 1. The highest BCUT2D eigenvalue weighted by Crippen LogP contribution is 2.33. The summed E-state index contributed by atoms with van der Waals surface area (Å²) in [5, 5.41) is 14.7. The molecule has 0 atom stereocenters. The van der Waals surface area contributed by atoms with Crippen molar-refractivity contribution in [3.63, 3.8) is 0 Å². The number of piperidine rings is 2. The second kappa shape index (κ2) is 14.6. The third kappa shape index (κ3) is 8.32. The number of carbonyl (C=O) groups excluding carboxylic acids is 1. The van der Waals surface area contributed by atoms with Gasteiger partial charge in [0.1, 0.15) is 23.7 Å². The maximum absolute atomic E-state index is 12.8. The Bertz CT molecular complexity index is 1650. The zero-order chi connectivity index (χ0) is 32.7. The predicted octanol–water partition coefficient (Wildman–Crippen LogP) is 5.56. The van der Waals surface area contributed by atoms with Gasteiger partial charge in [-0.3, -0.25) is 4.79 Å². The van der Waals surface area contributed by atoms with E-state index in [1.165, 1.54) is 0 Å². The van der Waals surface area contributed by atoms with Gasteiger partial charge in [-0.1, -0.05) is 30.3 Å². The number of nitrogens with one attached hydrogen (secondary N) is 2. The normalized spacial score (nSPS) is 15.9. The summed E-state index contributed by atoms with van der Waals surface area (Å²) in [4.78, 5) is 26.6. The van der Waals surface area contributed by atoms with Crippen molar-refractivity contribution < 1.29 is 37.3 Å². The Morgan fingerprint density at radius 1 is 0.739 bits per heavy atom. The monoisotopic (exact) mass is 636 g/mol. The van der Waals surface area contributed by atoms with Crippen molar-refractivity contribution in [3.8, 4) is 33.9 Å². The number of rotatable bonds is 7. The molecule has 0 unspecified atom stereocenters. The van der Waals surface area contributed by atoms with Crippen LogP contribution in [0.5, 0.6) is 11.5 Å². The van der Waals surface area contributed by atoms with Gasteiger partial charge in [-0.25, -0.2) is 9.78 Å². The number of primary amides is 1. The summed E-state index contributed by atoms with van der Waals surface area (Å²) in [5.41, 5.74) is 10.4. The van der Waals surface area contributed by atoms with E-state index in [4.69, 9.17) is 30.1 Å². The van der Waals surface area contributed by atoms with Crippen LogP contribution in [0.25, 0.3) is 33.3 Å². The van der Waals surface area contributed by atoms with Gasteiger partial charge in [-0.2, -0.15) is 13.2 Å². The first kappa shape index (κ1) is 32.7. The summed E-state index contributed by atoms with van der Waals surface area (Å²) in [6.07, 6.45) is -0.578. The smallest absolute Gasteiger partial charge is 0.490 e. The highest BCUT2D eigenvalue weighted by Gasteiger charge is 2.38. The lowest BCUT2D eigenvalue weighted by Gasteiger charge is -2.24. The summed E-state index contributed by atoms with van der Waals surface area (Å²) >= 11 is 0. The molecule has 5 N–H and O–H groups in total. The molecular formula is C34H35F3N4O5. The topological polar surface area (TPSA) is 136 Å². The molecule has 2 saturated heterocycles. The molecule has 0 saturated carbocycles. The van der Waals surface area contributed by atoms with Crippen molar-refractivity contribution in [2.45, 2.75) is 44.1 Å². The van der Waals surface area contributed by atoms with E-state index in [0.717, 1.165) is 91.1 Å². The van der Waals surface area contributed by atoms with Crippen LogP contribution >= 0.6 is 0 Å². The molecule has 4 aromatic rings. The van der Waals surface area contributed by atoms with Crippen molar-refractivity contribution in [1.29, 1.82) is 0 Å². The minimum Gasteiger partial charge on any atom is -0.490 e. The lowest BCUT2D eigenvalue weighted by molar-refractivity contribution is -0.192. The molecule has 0 bridgehead atoms. The number of halogens is 3. The number of hydrogen-bond acceptors (Lipinski definition) is 7. The molecule has 2 aliphatic heterocycles. The Kier molecular flexibility index (Phi) is 10.4. The maximum atomic E-state index is 12.8. The van der Waals surface area contributed by atoms with Gasteiger partial charge in [0, 0.05) is 10.9 Å². The number of nitrogens with zero attached hydrogens (tertiary/aromatic N) is 1. The van der Waals surface area contributed by atoms with Crippen molar-refractivity contribution in [3.05, 3.63) is 78.4 Å². The summed E-state index contributed by atoms with van der Waals surface area (Å²) < 4.78 is 44.0. The third-order valence-electron chi connectivity index (χ3n) is 7.84. The minimum absolute atomic E-state index is 0.228. The number of nitrogens with two attached hydrogens (primary N) is 1. The minimum atomic E-state index is -5.08. The summed E-state index contributed by atoms with van der Waals surface area (Å²) in [6.45, 7) is 3.94. The number of carboxylic acids is 1. The molecule has 6 rings (SSSR count). The summed E-state index contributed by atoms with van der Waals surface area (Å²) in [7, 11) is 0. The molecule has 0 aliphatic carbocycles. The van der Waals surface area contributed by atoms with E-state index in [9.17, 15) is 18.0 Å². The molecule has 2 fully saturated rings. The Morgan fingerprint density at radius 2 is 1.20 bits per heavy atom. The third-order valence-corrected chi connectivity index (χ3v) is 7.84. The molecule has 1 aromatic heterocycles. The average molecular weight is 637 g/mol. The highest BCUT2D eigenvalue weighted by atomic mass is 19.4. The van der Waals surface area contributed by atoms with E-state index in [1.54, 1.807) is 0 Å². The zero-order valence-corrected chi connectivity index (χ0v) is 25.0. The Labute approximate surface area is 263 Å². The van der Waals surface area contributed by atoms with Gasteiger partial charge in [0.25, 0.3) is 5.91 Å². The number of pyridine rings is 1. The molecule has 242 valence electrons. The molecule has 3 heterocycles. The second-order valence-electron chi connectivity index (χ2n) is 11.1. The fraction of sp³-hybridized carbons (Fsp3) is 0.324.